The van der Waals surface area contributed by atoms with E-state index in [0.29, 0.717) is 19.6 Å². The molecule has 0 rings (SSSR count). The van der Waals surface area contributed by atoms with Gasteiger partial charge in [-0.05, 0) is 26.7 Å². The molecule has 0 aromatic carbocycles. The van der Waals surface area contributed by atoms with Gasteiger partial charge in [-0.25, -0.2) is 4.79 Å². The number of hydrogen-bond acceptors (Lipinski definition) is 2. The summed E-state index contributed by atoms with van der Waals surface area (Å²) in [6.07, 6.45) is 1.79. The number of carbonyl (C=O) groups excluding carboxylic acids is 1. The fraction of sp³-hybridized carbons (Fsp3) is 0.909. The van der Waals surface area contributed by atoms with E-state index in [2.05, 4.69) is 19.2 Å². The molecule has 0 radical (unpaired) electrons. The number of likely N-dealkylation sites (N-methyl/N-ethyl adjacent to an activating group) is 1. The van der Waals surface area contributed by atoms with Crippen molar-refractivity contribution in [3.63, 3.8) is 0 Å². The molecule has 0 heterocycles. The van der Waals surface area contributed by atoms with Crippen molar-refractivity contribution in [1.29, 1.82) is 0 Å². The zero-order chi connectivity index (χ0) is 11.9. The van der Waals surface area contributed by atoms with Gasteiger partial charge in [0.2, 0.25) is 0 Å². The number of carbonyl (C=O) groups is 1. The molecule has 0 saturated heterocycles. The molecular formula is C11H25N3O. The van der Waals surface area contributed by atoms with E-state index in [-0.39, 0.29) is 11.6 Å². The maximum absolute atomic E-state index is 11.9. The van der Waals surface area contributed by atoms with Gasteiger partial charge in [-0.1, -0.05) is 13.8 Å². The molecule has 90 valence electrons. The fourth-order valence-electron chi connectivity index (χ4n) is 1.97. The summed E-state index contributed by atoms with van der Waals surface area (Å²) in [6, 6.07) is -0.00542. The van der Waals surface area contributed by atoms with Crippen molar-refractivity contribution >= 4 is 6.03 Å². The topological polar surface area (TPSA) is 58.4 Å². The minimum Gasteiger partial charge on any atom is -0.338 e. The van der Waals surface area contributed by atoms with Gasteiger partial charge in [0.05, 0.1) is 5.54 Å². The van der Waals surface area contributed by atoms with Crippen LogP contribution in [0.5, 0.6) is 0 Å². The average molecular weight is 215 g/mol. The van der Waals surface area contributed by atoms with Gasteiger partial charge in [0.1, 0.15) is 0 Å². The molecule has 0 aromatic heterocycles. The van der Waals surface area contributed by atoms with E-state index in [1.54, 1.807) is 0 Å². The van der Waals surface area contributed by atoms with E-state index in [1.807, 2.05) is 18.7 Å². The molecular weight excluding hydrogens is 190 g/mol. The maximum atomic E-state index is 11.9. The summed E-state index contributed by atoms with van der Waals surface area (Å²) in [4.78, 5) is 13.7. The molecule has 2 amide bonds. The van der Waals surface area contributed by atoms with Crippen molar-refractivity contribution in [2.45, 2.75) is 46.1 Å². The molecule has 0 aromatic rings. The Morgan fingerprint density at radius 1 is 1.27 bits per heavy atom. The summed E-state index contributed by atoms with van der Waals surface area (Å²) in [5, 5.41) is 2.84. The summed E-state index contributed by atoms with van der Waals surface area (Å²) in [5.41, 5.74) is 5.63. The molecule has 0 aliphatic carbocycles. The van der Waals surface area contributed by atoms with Gasteiger partial charge in [-0.3, -0.25) is 0 Å². The van der Waals surface area contributed by atoms with Crippen LogP contribution >= 0.6 is 0 Å². The quantitative estimate of drug-likeness (QED) is 0.706. The Morgan fingerprint density at radius 3 is 2.07 bits per heavy atom. The monoisotopic (exact) mass is 215 g/mol. The first-order valence-electron chi connectivity index (χ1n) is 5.87. The first-order valence-corrected chi connectivity index (χ1v) is 5.87. The number of nitrogens with one attached hydrogen (secondary N) is 1. The zero-order valence-corrected chi connectivity index (χ0v) is 10.5. The molecule has 0 spiro atoms. The summed E-state index contributed by atoms with van der Waals surface area (Å²) in [6.45, 7) is 9.95. The van der Waals surface area contributed by atoms with Gasteiger partial charge < -0.3 is 16.0 Å². The molecule has 4 nitrogen and oxygen atoms in total. The Labute approximate surface area is 93.2 Å². The van der Waals surface area contributed by atoms with E-state index >= 15 is 0 Å². The number of nitrogens with two attached hydrogens (primary N) is 1. The molecule has 0 fully saturated rings. The maximum Gasteiger partial charge on any atom is 0.317 e. The largest absolute Gasteiger partial charge is 0.338 e. The van der Waals surface area contributed by atoms with Crippen LogP contribution in [0.15, 0.2) is 0 Å². The van der Waals surface area contributed by atoms with Gasteiger partial charge in [0, 0.05) is 19.6 Å². The summed E-state index contributed by atoms with van der Waals surface area (Å²) < 4.78 is 0. The second-order valence-electron chi connectivity index (χ2n) is 3.72. The highest BCUT2D eigenvalue weighted by Gasteiger charge is 2.34. The van der Waals surface area contributed by atoms with E-state index in [0.717, 1.165) is 12.8 Å². The minimum atomic E-state index is -0.187. The summed E-state index contributed by atoms with van der Waals surface area (Å²) >= 11 is 0. The Balaban J connectivity index is 4.80. The number of nitrogens with zero attached hydrogens (tertiary/aromatic N) is 1. The lowest BCUT2D eigenvalue weighted by Crippen LogP contribution is -2.58. The van der Waals surface area contributed by atoms with Gasteiger partial charge in [-0.2, -0.15) is 0 Å². The van der Waals surface area contributed by atoms with Crippen LogP contribution in [0.2, 0.25) is 0 Å². The number of amides is 2. The molecule has 0 unspecified atom stereocenters. The van der Waals surface area contributed by atoms with E-state index in [9.17, 15) is 4.79 Å². The van der Waals surface area contributed by atoms with Gasteiger partial charge >= 0.3 is 6.03 Å². The average Bonchev–Trinajstić information content (AvgIpc) is 2.26. The third-order valence-corrected chi connectivity index (χ3v) is 3.16. The van der Waals surface area contributed by atoms with Crippen LogP contribution in [-0.4, -0.2) is 36.1 Å². The number of rotatable bonds is 6. The highest BCUT2D eigenvalue weighted by atomic mass is 16.2. The Bertz CT molecular complexity index is 182. The van der Waals surface area contributed by atoms with Crippen molar-refractivity contribution in [1.82, 2.24) is 10.2 Å². The predicted octanol–water partition coefficient (Wildman–Crippen LogP) is 1.56. The molecule has 3 N–H and O–H groups in total. The van der Waals surface area contributed by atoms with Crippen LogP contribution in [0.1, 0.15) is 40.5 Å². The minimum absolute atomic E-state index is 0.00542. The normalized spacial score (nSPS) is 11.3. The van der Waals surface area contributed by atoms with Crippen molar-refractivity contribution < 1.29 is 4.79 Å². The van der Waals surface area contributed by atoms with Crippen LogP contribution in [-0.2, 0) is 0 Å². The lowest BCUT2D eigenvalue weighted by Gasteiger charge is -2.41. The molecule has 4 heteroatoms. The van der Waals surface area contributed by atoms with E-state index in [4.69, 9.17) is 5.73 Å². The molecule has 0 aliphatic heterocycles. The van der Waals surface area contributed by atoms with Gasteiger partial charge in [-0.15, -0.1) is 0 Å². The SMILES string of the molecule is CCNC(=O)N(CC)C(CC)(CC)CN. The molecule has 0 aliphatic rings. The molecule has 0 bridgehead atoms. The molecule has 0 atom stereocenters. The first kappa shape index (κ1) is 14.2. The second kappa shape index (κ2) is 6.67. The van der Waals surface area contributed by atoms with Crippen LogP contribution in [0, 0.1) is 0 Å². The van der Waals surface area contributed by atoms with E-state index in [1.165, 1.54) is 0 Å². The highest BCUT2D eigenvalue weighted by Crippen LogP contribution is 2.22. The first-order chi connectivity index (χ1) is 7.11. The standard InChI is InChI=1S/C11H25N3O/c1-5-11(6-2,9-12)14(8-4)10(15)13-7-3/h5-9,12H2,1-4H3,(H,13,15). The Morgan fingerprint density at radius 2 is 1.80 bits per heavy atom. The van der Waals surface area contributed by atoms with Crippen molar-refractivity contribution in [3.05, 3.63) is 0 Å². The lowest BCUT2D eigenvalue weighted by atomic mass is 9.91. The number of urea groups is 1. The predicted molar refractivity (Wildman–Crippen MR) is 63.8 cm³/mol. The van der Waals surface area contributed by atoms with Gasteiger partial charge in [0.25, 0.3) is 0 Å². The van der Waals surface area contributed by atoms with E-state index < -0.39 is 0 Å². The van der Waals surface area contributed by atoms with Crippen LogP contribution in [0.25, 0.3) is 0 Å². The Kier molecular flexibility index (Phi) is 6.32. The smallest absolute Gasteiger partial charge is 0.317 e. The van der Waals surface area contributed by atoms with Crippen LogP contribution < -0.4 is 11.1 Å². The summed E-state index contributed by atoms with van der Waals surface area (Å²) in [7, 11) is 0. The lowest BCUT2D eigenvalue weighted by molar-refractivity contribution is 0.113. The molecule has 0 saturated carbocycles. The highest BCUT2D eigenvalue weighted by molar-refractivity contribution is 5.75. The Hall–Kier alpha value is -0.770. The summed E-state index contributed by atoms with van der Waals surface area (Å²) in [5.74, 6) is 0. The third-order valence-electron chi connectivity index (χ3n) is 3.16. The zero-order valence-electron chi connectivity index (χ0n) is 10.5. The van der Waals surface area contributed by atoms with Crippen LogP contribution in [0.3, 0.4) is 0 Å². The van der Waals surface area contributed by atoms with Crippen LogP contribution in [0.4, 0.5) is 4.79 Å². The fourth-order valence-corrected chi connectivity index (χ4v) is 1.97. The van der Waals surface area contributed by atoms with Crippen molar-refractivity contribution in [2.75, 3.05) is 19.6 Å². The van der Waals surface area contributed by atoms with Crippen molar-refractivity contribution in [3.8, 4) is 0 Å². The van der Waals surface area contributed by atoms with Crippen molar-refractivity contribution in [2.24, 2.45) is 5.73 Å². The van der Waals surface area contributed by atoms with Gasteiger partial charge in [0.15, 0.2) is 0 Å². The molecule has 15 heavy (non-hydrogen) atoms. The third kappa shape index (κ3) is 3.09. The number of hydrogen-bond donors (Lipinski definition) is 2. The second-order valence-corrected chi connectivity index (χ2v) is 3.72.